The van der Waals surface area contributed by atoms with Gasteiger partial charge in [-0.25, -0.2) is 0 Å². The maximum absolute atomic E-state index is 12.0. The lowest BCUT2D eigenvalue weighted by Crippen LogP contribution is -2.47. The van der Waals surface area contributed by atoms with Crippen LogP contribution in [0.2, 0.25) is 5.02 Å². The van der Waals surface area contributed by atoms with Crippen molar-refractivity contribution in [2.24, 2.45) is 0 Å². The summed E-state index contributed by atoms with van der Waals surface area (Å²) in [6.07, 6.45) is 3.09. The number of halogens is 1. The molecule has 0 bridgehead atoms. The molecule has 0 spiro atoms. The molecule has 126 valence electrons. The van der Waals surface area contributed by atoms with Gasteiger partial charge in [-0.15, -0.1) is 0 Å². The third kappa shape index (κ3) is 5.84. The van der Waals surface area contributed by atoms with Crippen LogP contribution in [0, 0.1) is 0 Å². The van der Waals surface area contributed by atoms with E-state index in [0.717, 1.165) is 38.9 Å². The van der Waals surface area contributed by atoms with Gasteiger partial charge < -0.3 is 15.5 Å². The van der Waals surface area contributed by atoms with Gasteiger partial charge in [-0.2, -0.15) is 0 Å². The first-order chi connectivity index (χ1) is 11.1. The number of benzene rings is 1. The van der Waals surface area contributed by atoms with E-state index in [0.29, 0.717) is 10.6 Å². The molecular formula is C17H24ClN3O2. The molecule has 1 aromatic carbocycles. The number of nitrogens with one attached hydrogen (secondary N) is 2. The van der Waals surface area contributed by atoms with Crippen LogP contribution in [-0.2, 0) is 4.79 Å². The van der Waals surface area contributed by atoms with E-state index >= 15 is 0 Å². The second-order valence-corrected chi connectivity index (χ2v) is 6.31. The number of amides is 2. The second kappa shape index (κ2) is 8.89. The molecule has 5 nitrogen and oxygen atoms in total. The number of hydrogen-bond acceptors (Lipinski definition) is 3. The average molecular weight is 338 g/mol. The van der Waals surface area contributed by atoms with E-state index in [1.165, 1.54) is 0 Å². The number of carbonyl (C=O) groups excluding carboxylic acids is 2. The molecule has 0 atom stereocenters. The van der Waals surface area contributed by atoms with Gasteiger partial charge in [-0.05, 0) is 44.0 Å². The van der Waals surface area contributed by atoms with Gasteiger partial charge in [0.25, 0.3) is 5.91 Å². The van der Waals surface area contributed by atoms with E-state index < -0.39 is 0 Å². The van der Waals surface area contributed by atoms with Crippen LogP contribution >= 0.6 is 11.6 Å². The largest absolute Gasteiger partial charge is 0.352 e. The molecule has 1 aromatic rings. The van der Waals surface area contributed by atoms with Crippen molar-refractivity contribution in [2.45, 2.75) is 32.2 Å². The zero-order chi connectivity index (χ0) is 16.7. The van der Waals surface area contributed by atoms with Crippen LogP contribution in [-0.4, -0.2) is 48.9 Å². The highest BCUT2D eigenvalue weighted by Gasteiger charge is 2.20. The molecular weight excluding hydrogens is 314 g/mol. The van der Waals surface area contributed by atoms with Crippen molar-refractivity contribution in [3.05, 3.63) is 34.9 Å². The Balaban J connectivity index is 1.70. The minimum Gasteiger partial charge on any atom is -0.352 e. The molecule has 2 N–H and O–H groups in total. The molecule has 0 aliphatic carbocycles. The average Bonchev–Trinajstić information content (AvgIpc) is 2.55. The molecule has 2 rings (SSSR count). The Hall–Kier alpha value is -1.59. The van der Waals surface area contributed by atoms with Crippen LogP contribution in [0.3, 0.4) is 0 Å². The van der Waals surface area contributed by atoms with Crippen molar-refractivity contribution in [1.82, 2.24) is 15.5 Å². The fraction of sp³-hybridized carbons (Fsp3) is 0.529. The molecule has 0 aromatic heterocycles. The zero-order valence-corrected chi connectivity index (χ0v) is 14.2. The van der Waals surface area contributed by atoms with Gasteiger partial charge >= 0.3 is 0 Å². The Bertz CT molecular complexity index is 542. The summed E-state index contributed by atoms with van der Waals surface area (Å²) < 4.78 is 0. The fourth-order valence-corrected chi connectivity index (χ4v) is 2.98. The Morgan fingerprint density at radius 3 is 2.70 bits per heavy atom. The van der Waals surface area contributed by atoms with Crippen molar-refractivity contribution in [1.29, 1.82) is 0 Å². The molecule has 1 heterocycles. The summed E-state index contributed by atoms with van der Waals surface area (Å²) in [6.45, 7) is 5.33. The lowest BCUT2D eigenvalue weighted by Gasteiger charge is -2.32. The predicted molar refractivity (Wildman–Crippen MR) is 91.7 cm³/mol. The molecule has 1 aliphatic rings. The minimum absolute atomic E-state index is 0.0134. The summed E-state index contributed by atoms with van der Waals surface area (Å²) in [5, 5.41) is 6.12. The van der Waals surface area contributed by atoms with Crippen LogP contribution in [0.4, 0.5) is 0 Å². The highest BCUT2D eigenvalue weighted by molar-refractivity contribution is 6.30. The summed E-state index contributed by atoms with van der Waals surface area (Å²) in [7, 11) is 0. The van der Waals surface area contributed by atoms with Gasteiger partial charge in [0.15, 0.2) is 0 Å². The first-order valence-electron chi connectivity index (χ1n) is 8.14. The number of likely N-dealkylation sites (tertiary alicyclic amines) is 1. The van der Waals surface area contributed by atoms with E-state index in [2.05, 4.69) is 22.5 Å². The fourth-order valence-electron chi connectivity index (χ4n) is 2.79. The monoisotopic (exact) mass is 337 g/mol. The van der Waals surface area contributed by atoms with E-state index in [4.69, 9.17) is 11.6 Å². The Labute approximate surface area is 142 Å². The van der Waals surface area contributed by atoms with Crippen LogP contribution < -0.4 is 10.6 Å². The summed E-state index contributed by atoms with van der Waals surface area (Å²) in [5.74, 6) is -0.435. The van der Waals surface area contributed by atoms with Crippen LogP contribution in [0.15, 0.2) is 24.3 Å². The van der Waals surface area contributed by atoms with Gasteiger partial charge in [0.2, 0.25) is 5.91 Å². The van der Waals surface area contributed by atoms with Gasteiger partial charge in [-0.3, -0.25) is 9.59 Å². The van der Waals surface area contributed by atoms with Crippen LogP contribution in [0.1, 0.15) is 36.5 Å². The lowest BCUT2D eigenvalue weighted by molar-refractivity contribution is -0.121. The first kappa shape index (κ1) is 17.8. The highest BCUT2D eigenvalue weighted by Crippen LogP contribution is 2.11. The quantitative estimate of drug-likeness (QED) is 0.835. The summed E-state index contributed by atoms with van der Waals surface area (Å²) in [4.78, 5) is 26.3. The molecule has 0 radical (unpaired) electrons. The Morgan fingerprint density at radius 2 is 2.04 bits per heavy atom. The van der Waals surface area contributed by atoms with Gasteiger partial charge in [0.05, 0.1) is 6.54 Å². The van der Waals surface area contributed by atoms with Gasteiger partial charge in [0.1, 0.15) is 0 Å². The summed E-state index contributed by atoms with van der Waals surface area (Å²) >= 11 is 5.85. The summed E-state index contributed by atoms with van der Waals surface area (Å²) in [5.41, 5.74) is 0.457. The van der Waals surface area contributed by atoms with Crippen LogP contribution in [0.5, 0.6) is 0 Å². The second-order valence-electron chi connectivity index (χ2n) is 5.88. The van der Waals surface area contributed by atoms with E-state index in [1.54, 1.807) is 24.3 Å². The van der Waals surface area contributed by atoms with E-state index in [1.807, 2.05) is 0 Å². The van der Waals surface area contributed by atoms with Gasteiger partial charge in [0, 0.05) is 29.7 Å². The van der Waals surface area contributed by atoms with Crippen molar-refractivity contribution < 1.29 is 9.59 Å². The van der Waals surface area contributed by atoms with Crippen molar-refractivity contribution in [3.63, 3.8) is 0 Å². The molecule has 23 heavy (non-hydrogen) atoms. The summed E-state index contributed by atoms with van der Waals surface area (Å²) in [6, 6.07) is 6.87. The molecule has 6 heteroatoms. The van der Waals surface area contributed by atoms with Gasteiger partial charge in [-0.1, -0.05) is 24.6 Å². The minimum atomic E-state index is -0.291. The number of rotatable bonds is 6. The Kier molecular flexibility index (Phi) is 6.86. The number of hydrogen-bond donors (Lipinski definition) is 2. The highest BCUT2D eigenvalue weighted by atomic mass is 35.5. The zero-order valence-electron chi connectivity index (χ0n) is 13.5. The standard InChI is InChI=1S/C17H24ClN3O2/c1-2-8-21-9-6-15(7-10-21)20-16(22)12-19-17(23)13-4-3-5-14(18)11-13/h3-5,11,15H,2,6-10,12H2,1H3,(H,19,23)(H,20,22). The number of nitrogens with zero attached hydrogens (tertiary/aromatic N) is 1. The smallest absolute Gasteiger partial charge is 0.251 e. The molecule has 1 saturated heterocycles. The van der Waals surface area contributed by atoms with Crippen LogP contribution in [0.25, 0.3) is 0 Å². The first-order valence-corrected chi connectivity index (χ1v) is 8.51. The molecule has 1 aliphatic heterocycles. The molecule has 1 fully saturated rings. The molecule has 0 unspecified atom stereocenters. The van der Waals surface area contributed by atoms with Crippen molar-refractivity contribution in [2.75, 3.05) is 26.2 Å². The topological polar surface area (TPSA) is 61.4 Å². The lowest BCUT2D eigenvalue weighted by atomic mass is 10.0. The third-order valence-electron chi connectivity index (χ3n) is 3.99. The third-order valence-corrected chi connectivity index (χ3v) is 4.22. The molecule has 0 saturated carbocycles. The van der Waals surface area contributed by atoms with Crippen molar-refractivity contribution in [3.8, 4) is 0 Å². The maximum atomic E-state index is 12.0. The van der Waals surface area contributed by atoms with E-state index in [-0.39, 0.29) is 24.4 Å². The van der Waals surface area contributed by atoms with Crippen molar-refractivity contribution >= 4 is 23.4 Å². The Morgan fingerprint density at radius 1 is 1.30 bits per heavy atom. The number of piperidine rings is 1. The normalized spacial score (nSPS) is 16.1. The SMILES string of the molecule is CCCN1CCC(NC(=O)CNC(=O)c2cccc(Cl)c2)CC1. The predicted octanol–water partition coefficient (Wildman–Crippen LogP) is 2.06. The maximum Gasteiger partial charge on any atom is 0.251 e. The number of carbonyl (C=O) groups is 2. The molecule has 2 amide bonds. The van der Waals surface area contributed by atoms with E-state index in [9.17, 15) is 9.59 Å².